The largest absolute Gasteiger partial charge is 0.444 e. The minimum absolute atomic E-state index is 0.353. The van der Waals surface area contributed by atoms with Crippen LogP contribution in [0.1, 0.15) is 37.4 Å². The number of ether oxygens (including phenoxy) is 2. The van der Waals surface area contributed by atoms with Crippen LogP contribution in [0.25, 0.3) is 0 Å². The van der Waals surface area contributed by atoms with E-state index in [1.165, 1.54) is 11.3 Å². The van der Waals surface area contributed by atoms with Crippen LogP contribution in [0, 0.1) is 6.92 Å². The molecule has 0 aromatic carbocycles. The molecule has 1 saturated heterocycles. The molecule has 1 aromatic rings. The normalized spacial score (nSPS) is 18.4. The molecule has 0 spiro atoms. The minimum atomic E-state index is -0.565. The van der Waals surface area contributed by atoms with Crippen LogP contribution in [-0.2, 0) is 9.47 Å². The molecule has 1 atom stereocenters. The molecular formula is C12H17N3O4S. The molecule has 0 aliphatic carbocycles. The summed E-state index contributed by atoms with van der Waals surface area (Å²) in [4.78, 5) is 27.8. The number of cyclic esters (lactones) is 1. The lowest BCUT2D eigenvalue weighted by molar-refractivity contribution is 0.0636. The van der Waals surface area contributed by atoms with Crippen molar-refractivity contribution in [3.63, 3.8) is 0 Å². The number of aromatic nitrogens is 1. The summed E-state index contributed by atoms with van der Waals surface area (Å²) in [7, 11) is 0. The maximum atomic E-state index is 11.7. The van der Waals surface area contributed by atoms with Crippen molar-refractivity contribution in [3.8, 4) is 0 Å². The number of amides is 2. The van der Waals surface area contributed by atoms with Crippen molar-refractivity contribution in [2.24, 2.45) is 0 Å². The van der Waals surface area contributed by atoms with E-state index in [4.69, 9.17) is 9.47 Å². The first-order chi connectivity index (χ1) is 9.24. The number of nitrogens with zero attached hydrogens (tertiary/aromatic N) is 1. The molecule has 2 heterocycles. The van der Waals surface area contributed by atoms with E-state index in [1.54, 1.807) is 27.7 Å². The number of hydrogen-bond donors (Lipinski definition) is 2. The second kappa shape index (κ2) is 5.28. The summed E-state index contributed by atoms with van der Waals surface area (Å²) in [6.45, 7) is 7.57. The van der Waals surface area contributed by atoms with Crippen LogP contribution in [0.2, 0.25) is 0 Å². The average Bonchev–Trinajstić information content (AvgIpc) is 2.82. The van der Waals surface area contributed by atoms with Crippen LogP contribution in [0.3, 0.4) is 0 Å². The van der Waals surface area contributed by atoms with Crippen LogP contribution in [-0.4, -0.2) is 29.3 Å². The van der Waals surface area contributed by atoms with E-state index in [0.29, 0.717) is 11.7 Å². The van der Waals surface area contributed by atoms with Crippen molar-refractivity contribution in [2.75, 3.05) is 11.9 Å². The van der Waals surface area contributed by atoms with Crippen LogP contribution in [0.5, 0.6) is 0 Å². The first kappa shape index (κ1) is 14.6. The fraction of sp³-hybridized carbons (Fsp3) is 0.583. The number of rotatable bonds is 2. The number of carbonyl (C=O) groups is 2. The molecule has 110 valence electrons. The highest BCUT2D eigenvalue weighted by Gasteiger charge is 2.28. The summed E-state index contributed by atoms with van der Waals surface area (Å²) >= 11 is 1.27. The maximum Gasteiger partial charge on any atom is 0.413 e. The van der Waals surface area contributed by atoms with Gasteiger partial charge >= 0.3 is 12.2 Å². The summed E-state index contributed by atoms with van der Waals surface area (Å²) < 4.78 is 10.3. The Bertz CT molecular complexity index is 535. The third kappa shape index (κ3) is 3.60. The van der Waals surface area contributed by atoms with E-state index < -0.39 is 17.8 Å². The Morgan fingerprint density at radius 1 is 1.55 bits per heavy atom. The van der Waals surface area contributed by atoms with E-state index in [-0.39, 0.29) is 6.10 Å². The van der Waals surface area contributed by atoms with E-state index in [1.807, 2.05) is 0 Å². The standard InChI is InChI=1S/C12H17N3O4S/c1-6-8(7-5-13-10(16)18-7)20-9(14-6)15-11(17)19-12(2,3)4/h7H,5H2,1-4H3,(H,13,16)(H,14,15,17). The van der Waals surface area contributed by atoms with Gasteiger partial charge in [-0.1, -0.05) is 11.3 Å². The quantitative estimate of drug-likeness (QED) is 0.876. The molecule has 7 nitrogen and oxygen atoms in total. The molecule has 1 aromatic heterocycles. The van der Waals surface area contributed by atoms with Crippen molar-refractivity contribution >= 4 is 28.7 Å². The van der Waals surface area contributed by atoms with E-state index in [9.17, 15) is 9.59 Å². The summed E-state index contributed by atoms with van der Waals surface area (Å²) in [5.41, 5.74) is 0.159. The predicted octanol–water partition coefficient (Wildman–Crippen LogP) is 2.58. The smallest absolute Gasteiger partial charge is 0.413 e. The van der Waals surface area contributed by atoms with Crippen molar-refractivity contribution in [1.29, 1.82) is 0 Å². The Labute approximate surface area is 120 Å². The van der Waals surface area contributed by atoms with Crippen molar-refractivity contribution in [1.82, 2.24) is 10.3 Å². The highest BCUT2D eigenvalue weighted by atomic mass is 32.1. The molecule has 0 saturated carbocycles. The van der Waals surface area contributed by atoms with Crippen LogP contribution >= 0.6 is 11.3 Å². The molecule has 0 radical (unpaired) electrons. The first-order valence-electron chi connectivity index (χ1n) is 6.16. The van der Waals surface area contributed by atoms with Crippen molar-refractivity contribution in [3.05, 3.63) is 10.6 Å². The van der Waals surface area contributed by atoms with E-state index >= 15 is 0 Å². The molecule has 2 rings (SSSR count). The molecule has 8 heteroatoms. The van der Waals surface area contributed by atoms with Gasteiger partial charge in [0.1, 0.15) is 5.60 Å². The van der Waals surface area contributed by atoms with E-state index in [2.05, 4.69) is 15.6 Å². The molecule has 1 unspecified atom stereocenters. The summed E-state index contributed by atoms with van der Waals surface area (Å²) in [6.07, 6.45) is -1.35. The van der Waals surface area contributed by atoms with Gasteiger partial charge in [-0.25, -0.2) is 14.6 Å². The molecule has 0 bridgehead atoms. The number of thiazole rings is 1. The van der Waals surface area contributed by atoms with Crippen molar-refractivity contribution in [2.45, 2.75) is 39.4 Å². The minimum Gasteiger partial charge on any atom is -0.444 e. The Morgan fingerprint density at radius 3 is 2.80 bits per heavy atom. The van der Waals surface area contributed by atoms with E-state index in [0.717, 1.165) is 10.6 Å². The molecule has 1 aliphatic rings. The zero-order chi connectivity index (χ0) is 14.9. The number of nitrogens with one attached hydrogen (secondary N) is 2. The molecule has 20 heavy (non-hydrogen) atoms. The fourth-order valence-corrected chi connectivity index (χ4v) is 2.67. The third-order valence-electron chi connectivity index (χ3n) is 2.41. The zero-order valence-corrected chi connectivity index (χ0v) is 12.6. The van der Waals surface area contributed by atoms with Crippen LogP contribution in [0.4, 0.5) is 14.7 Å². The molecule has 2 amide bonds. The van der Waals surface area contributed by atoms with Crippen molar-refractivity contribution < 1.29 is 19.1 Å². The van der Waals surface area contributed by atoms with Gasteiger partial charge in [0.15, 0.2) is 11.2 Å². The van der Waals surface area contributed by atoms with Gasteiger partial charge in [0, 0.05) is 0 Å². The average molecular weight is 299 g/mol. The molecule has 1 aliphatic heterocycles. The summed E-state index contributed by atoms with van der Waals surface area (Å²) in [6, 6.07) is 0. The SMILES string of the molecule is Cc1nc(NC(=O)OC(C)(C)C)sc1C1CNC(=O)O1. The number of alkyl carbamates (subject to hydrolysis) is 1. The highest BCUT2D eigenvalue weighted by Crippen LogP contribution is 2.32. The van der Waals surface area contributed by atoms with Gasteiger partial charge in [0.2, 0.25) is 0 Å². The second-order valence-electron chi connectivity index (χ2n) is 5.37. The highest BCUT2D eigenvalue weighted by molar-refractivity contribution is 7.16. The number of carbonyl (C=O) groups excluding carboxylic acids is 2. The predicted molar refractivity (Wildman–Crippen MR) is 73.9 cm³/mol. The van der Waals surface area contributed by atoms with Gasteiger partial charge in [-0.15, -0.1) is 0 Å². The Hall–Kier alpha value is -1.83. The van der Waals surface area contributed by atoms with Gasteiger partial charge in [-0.2, -0.15) is 0 Å². The molecule has 2 N–H and O–H groups in total. The fourth-order valence-electron chi connectivity index (χ4n) is 1.69. The zero-order valence-electron chi connectivity index (χ0n) is 11.8. The topological polar surface area (TPSA) is 89.5 Å². The number of aryl methyl sites for hydroxylation is 1. The van der Waals surface area contributed by atoms with Gasteiger partial charge in [-0.3, -0.25) is 5.32 Å². The Morgan fingerprint density at radius 2 is 2.25 bits per heavy atom. The molecular weight excluding hydrogens is 282 g/mol. The third-order valence-corrected chi connectivity index (χ3v) is 3.58. The second-order valence-corrected chi connectivity index (χ2v) is 6.40. The first-order valence-corrected chi connectivity index (χ1v) is 6.98. The lowest BCUT2D eigenvalue weighted by atomic mass is 10.2. The Balaban J connectivity index is 2.04. The lowest BCUT2D eigenvalue weighted by Crippen LogP contribution is -2.27. The van der Waals surface area contributed by atoms with Gasteiger partial charge < -0.3 is 14.8 Å². The maximum absolute atomic E-state index is 11.7. The lowest BCUT2D eigenvalue weighted by Gasteiger charge is -2.18. The van der Waals surface area contributed by atoms with Gasteiger partial charge in [0.05, 0.1) is 17.1 Å². The number of hydrogen-bond acceptors (Lipinski definition) is 6. The van der Waals surface area contributed by atoms with Gasteiger partial charge in [-0.05, 0) is 27.7 Å². The number of anilines is 1. The molecule has 1 fully saturated rings. The van der Waals surface area contributed by atoms with Crippen LogP contribution in [0.15, 0.2) is 0 Å². The summed E-state index contributed by atoms with van der Waals surface area (Å²) in [5.74, 6) is 0. The summed E-state index contributed by atoms with van der Waals surface area (Å²) in [5, 5.41) is 5.59. The monoisotopic (exact) mass is 299 g/mol. The van der Waals surface area contributed by atoms with Crippen LogP contribution < -0.4 is 10.6 Å². The van der Waals surface area contributed by atoms with Gasteiger partial charge in [0.25, 0.3) is 0 Å². The Kier molecular flexibility index (Phi) is 3.85.